The van der Waals surface area contributed by atoms with E-state index in [9.17, 15) is 4.79 Å². The van der Waals surface area contributed by atoms with E-state index in [0.717, 1.165) is 36.9 Å². The fourth-order valence-electron chi connectivity index (χ4n) is 2.40. The molecule has 2 heterocycles. The number of amides is 1. The smallest absolute Gasteiger partial charge is 0.278 e. The summed E-state index contributed by atoms with van der Waals surface area (Å²) in [4.78, 5) is 16.2. The number of aryl methyl sites for hydroxylation is 2. The summed E-state index contributed by atoms with van der Waals surface area (Å²) in [5, 5.41) is 16.4. The molecule has 0 radical (unpaired) electrons. The minimum absolute atomic E-state index is 0.251. The second-order valence-electron chi connectivity index (χ2n) is 4.79. The lowest BCUT2D eigenvalue weighted by Gasteiger charge is -2.01. The molecular weight excluding hydrogens is 244 g/mol. The van der Waals surface area contributed by atoms with Crippen LogP contribution in [0.3, 0.4) is 0 Å². The van der Waals surface area contributed by atoms with Gasteiger partial charge in [0.05, 0.1) is 0 Å². The van der Waals surface area contributed by atoms with Gasteiger partial charge in [0.15, 0.2) is 5.69 Å². The third kappa shape index (κ3) is 2.35. The number of fused-ring (bicyclic) bond motifs is 1. The van der Waals surface area contributed by atoms with Crippen molar-refractivity contribution in [3.8, 4) is 0 Å². The standard InChI is InChI=1S/C12H16N6O/c1-7-13-12(18-15-7)14-11(19)10-8-5-3-2-4-6-9(8)16-17-10/h2-6H2,1H3,(H,16,17)(H2,13,14,15,18,19). The topological polar surface area (TPSA) is 99.3 Å². The van der Waals surface area contributed by atoms with Crippen molar-refractivity contribution in [1.29, 1.82) is 0 Å². The molecule has 0 saturated heterocycles. The van der Waals surface area contributed by atoms with Gasteiger partial charge in [-0.1, -0.05) is 6.42 Å². The van der Waals surface area contributed by atoms with Gasteiger partial charge >= 0.3 is 0 Å². The zero-order chi connectivity index (χ0) is 13.2. The molecule has 7 nitrogen and oxygen atoms in total. The van der Waals surface area contributed by atoms with Crippen LogP contribution in [0, 0.1) is 6.92 Å². The van der Waals surface area contributed by atoms with Crippen molar-refractivity contribution in [2.45, 2.75) is 39.0 Å². The van der Waals surface area contributed by atoms with Gasteiger partial charge in [0.25, 0.3) is 5.91 Å². The molecule has 2 aromatic rings. The van der Waals surface area contributed by atoms with Gasteiger partial charge in [0.2, 0.25) is 5.95 Å². The second-order valence-corrected chi connectivity index (χ2v) is 4.79. The Balaban J connectivity index is 1.82. The van der Waals surface area contributed by atoms with E-state index in [1.807, 2.05) is 0 Å². The van der Waals surface area contributed by atoms with E-state index in [2.05, 4.69) is 30.7 Å². The number of nitrogens with one attached hydrogen (secondary N) is 3. The largest absolute Gasteiger partial charge is 0.288 e. The predicted molar refractivity (Wildman–Crippen MR) is 68.9 cm³/mol. The first-order valence-electron chi connectivity index (χ1n) is 6.50. The van der Waals surface area contributed by atoms with Gasteiger partial charge in [-0.15, -0.1) is 5.10 Å². The van der Waals surface area contributed by atoms with Gasteiger partial charge in [-0.2, -0.15) is 10.1 Å². The number of carbonyl (C=O) groups excluding carboxylic acids is 1. The highest BCUT2D eigenvalue weighted by Crippen LogP contribution is 2.22. The third-order valence-corrected chi connectivity index (χ3v) is 3.34. The van der Waals surface area contributed by atoms with E-state index in [1.165, 1.54) is 6.42 Å². The summed E-state index contributed by atoms with van der Waals surface area (Å²) in [6, 6.07) is 0. The number of hydrogen-bond acceptors (Lipinski definition) is 4. The summed E-state index contributed by atoms with van der Waals surface area (Å²) < 4.78 is 0. The Bertz CT molecular complexity index is 599. The summed E-state index contributed by atoms with van der Waals surface area (Å²) in [6.45, 7) is 1.78. The number of aromatic amines is 2. The highest BCUT2D eigenvalue weighted by molar-refractivity contribution is 6.03. The van der Waals surface area contributed by atoms with Crippen molar-refractivity contribution >= 4 is 11.9 Å². The maximum Gasteiger partial charge on any atom is 0.278 e. The molecule has 0 atom stereocenters. The summed E-state index contributed by atoms with van der Waals surface area (Å²) in [7, 11) is 0. The van der Waals surface area contributed by atoms with E-state index in [4.69, 9.17) is 0 Å². The summed E-state index contributed by atoms with van der Waals surface area (Å²) in [6.07, 6.45) is 5.32. The zero-order valence-electron chi connectivity index (χ0n) is 10.8. The van der Waals surface area contributed by atoms with Gasteiger partial charge in [0, 0.05) is 11.3 Å². The van der Waals surface area contributed by atoms with Crippen LogP contribution in [-0.4, -0.2) is 31.3 Å². The molecule has 0 aliphatic heterocycles. The minimum Gasteiger partial charge on any atom is -0.288 e. The Morgan fingerprint density at radius 1 is 1.16 bits per heavy atom. The van der Waals surface area contributed by atoms with Crippen molar-refractivity contribution in [3.05, 3.63) is 22.8 Å². The van der Waals surface area contributed by atoms with Crippen LogP contribution in [0.5, 0.6) is 0 Å². The Labute approximate surface area is 110 Å². The number of carbonyl (C=O) groups is 1. The quantitative estimate of drug-likeness (QED) is 0.710. The normalized spacial score (nSPS) is 14.8. The Hall–Kier alpha value is -2.18. The van der Waals surface area contributed by atoms with E-state index < -0.39 is 0 Å². The molecule has 0 fully saturated rings. The average Bonchev–Trinajstić information content (AvgIpc) is 2.90. The van der Waals surface area contributed by atoms with Crippen LogP contribution in [0.15, 0.2) is 0 Å². The van der Waals surface area contributed by atoms with Crippen LogP contribution in [0.2, 0.25) is 0 Å². The molecule has 0 saturated carbocycles. The summed E-state index contributed by atoms with van der Waals surface area (Å²) >= 11 is 0. The van der Waals surface area contributed by atoms with E-state index in [-0.39, 0.29) is 11.9 Å². The van der Waals surface area contributed by atoms with Crippen LogP contribution in [0.4, 0.5) is 5.95 Å². The van der Waals surface area contributed by atoms with Gasteiger partial charge < -0.3 is 0 Å². The Kier molecular flexibility index (Phi) is 3.02. The van der Waals surface area contributed by atoms with E-state index in [0.29, 0.717) is 11.5 Å². The molecular formula is C12H16N6O. The SMILES string of the molecule is Cc1nc(NC(=O)c2n[nH]c3c2CCCCC3)n[nH]1. The van der Waals surface area contributed by atoms with Crippen molar-refractivity contribution in [2.75, 3.05) is 5.32 Å². The molecule has 1 aliphatic carbocycles. The average molecular weight is 260 g/mol. The van der Waals surface area contributed by atoms with Gasteiger partial charge in [-0.3, -0.25) is 20.3 Å². The molecule has 100 valence electrons. The monoisotopic (exact) mass is 260 g/mol. The maximum absolute atomic E-state index is 12.2. The molecule has 3 N–H and O–H groups in total. The number of aromatic nitrogens is 5. The molecule has 0 aromatic carbocycles. The van der Waals surface area contributed by atoms with Crippen LogP contribution in [0.25, 0.3) is 0 Å². The second kappa shape index (κ2) is 4.83. The highest BCUT2D eigenvalue weighted by atomic mass is 16.2. The minimum atomic E-state index is -0.251. The third-order valence-electron chi connectivity index (χ3n) is 3.34. The number of H-pyrrole nitrogens is 2. The molecule has 19 heavy (non-hydrogen) atoms. The fraction of sp³-hybridized carbons (Fsp3) is 0.500. The molecule has 3 rings (SSSR count). The first-order chi connectivity index (χ1) is 9.24. The zero-order valence-corrected chi connectivity index (χ0v) is 10.8. The molecule has 7 heteroatoms. The predicted octanol–water partition coefficient (Wildman–Crippen LogP) is 1.36. The van der Waals surface area contributed by atoms with Gasteiger partial charge in [0.1, 0.15) is 5.82 Å². The molecule has 2 aromatic heterocycles. The lowest BCUT2D eigenvalue weighted by Crippen LogP contribution is -2.15. The fourth-order valence-corrected chi connectivity index (χ4v) is 2.40. The first-order valence-corrected chi connectivity index (χ1v) is 6.50. The summed E-state index contributed by atoms with van der Waals surface area (Å²) in [5.41, 5.74) is 2.61. The van der Waals surface area contributed by atoms with Crippen LogP contribution >= 0.6 is 0 Å². The molecule has 1 amide bonds. The molecule has 1 aliphatic rings. The lowest BCUT2D eigenvalue weighted by molar-refractivity contribution is 0.102. The number of hydrogen-bond donors (Lipinski definition) is 3. The van der Waals surface area contributed by atoms with Crippen molar-refractivity contribution in [3.63, 3.8) is 0 Å². The van der Waals surface area contributed by atoms with Gasteiger partial charge in [-0.25, -0.2) is 0 Å². The van der Waals surface area contributed by atoms with Crippen molar-refractivity contribution in [1.82, 2.24) is 25.4 Å². The van der Waals surface area contributed by atoms with E-state index in [1.54, 1.807) is 6.92 Å². The van der Waals surface area contributed by atoms with Crippen LogP contribution < -0.4 is 5.32 Å². The van der Waals surface area contributed by atoms with Gasteiger partial charge in [-0.05, 0) is 32.6 Å². The molecule has 0 spiro atoms. The highest BCUT2D eigenvalue weighted by Gasteiger charge is 2.21. The molecule has 0 unspecified atom stereocenters. The van der Waals surface area contributed by atoms with Crippen LogP contribution in [-0.2, 0) is 12.8 Å². The first kappa shape index (κ1) is 11.9. The van der Waals surface area contributed by atoms with Crippen LogP contribution in [0.1, 0.15) is 46.8 Å². The number of anilines is 1. The number of nitrogens with zero attached hydrogens (tertiary/aromatic N) is 3. The van der Waals surface area contributed by atoms with E-state index >= 15 is 0 Å². The Morgan fingerprint density at radius 3 is 2.79 bits per heavy atom. The van der Waals surface area contributed by atoms with Crippen molar-refractivity contribution in [2.24, 2.45) is 0 Å². The summed E-state index contributed by atoms with van der Waals surface area (Å²) in [5.74, 6) is 0.697. The Morgan fingerprint density at radius 2 is 2.00 bits per heavy atom. The maximum atomic E-state index is 12.2. The number of rotatable bonds is 2. The van der Waals surface area contributed by atoms with Crippen molar-refractivity contribution < 1.29 is 4.79 Å². The molecule has 0 bridgehead atoms. The lowest BCUT2D eigenvalue weighted by atomic mass is 10.1.